The fourth-order valence-electron chi connectivity index (χ4n) is 1.46. The van der Waals surface area contributed by atoms with E-state index in [0.29, 0.717) is 5.89 Å². The summed E-state index contributed by atoms with van der Waals surface area (Å²) < 4.78 is 7.13. The molecule has 0 atom stereocenters. The fourth-order valence-corrected chi connectivity index (χ4v) is 1.58. The number of aryl methyl sites for hydroxylation is 2. The lowest BCUT2D eigenvalue weighted by Gasteiger charge is -1.98. The van der Waals surface area contributed by atoms with Gasteiger partial charge in [-0.15, -0.1) is 5.10 Å². The van der Waals surface area contributed by atoms with Crippen LogP contribution >= 0.6 is 12.2 Å². The van der Waals surface area contributed by atoms with Gasteiger partial charge in [0.1, 0.15) is 5.69 Å². The molecule has 0 fully saturated rings. The molecule has 2 rings (SSSR count). The number of aromatic nitrogens is 4. The summed E-state index contributed by atoms with van der Waals surface area (Å²) in [6, 6.07) is 1.97. The summed E-state index contributed by atoms with van der Waals surface area (Å²) in [6.07, 6.45) is 0.937. The molecule has 0 aliphatic heterocycles. The van der Waals surface area contributed by atoms with Crippen LogP contribution in [0.2, 0.25) is 0 Å². The largest absolute Gasteiger partial charge is 0.408 e. The predicted octanol–water partition coefficient (Wildman–Crippen LogP) is 2.18. The van der Waals surface area contributed by atoms with Crippen molar-refractivity contribution in [3.63, 3.8) is 0 Å². The summed E-state index contributed by atoms with van der Waals surface area (Å²) in [6.45, 7) is 4.98. The first-order valence-corrected chi connectivity index (χ1v) is 5.28. The van der Waals surface area contributed by atoms with Crippen molar-refractivity contribution < 1.29 is 4.42 Å². The van der Waals surface area contributed by atoms with E-state index < -0.39 is 0 Å². The second-order valence-electron chi connectivity index (χ2n) is 3.11. The number of hydrogen-bond acceptors (Lipinski definition) is 4. The van der Waals surface area contributed by atoms with Crippen molar-refractivity contribution in [1.29, 1.82) is 0 Å². The molecule has 0 aliphatic carbocycles. The molecule has 0 aromatic carbocycles. The molecule has 2 aromatic rings. The standard InChI is InChI=1S/C9H12N4OS/c1-3-6-5-7(12-13(6)4-2)8-10-11-9(15)14-8/h5H,3-4H2,1-2H3,(H,11,15). The van der Waals surface area contributed by atoms with Gasteiger partial charge >= 0.3 is 0 Å². The minimum absolute atomic E-state index is 0.272. The topological polar surface area (TPSA) is 59.6 Å². The van der Waals surface area contributed by atoms with Gasteiger partial charge in [-0.25, -0.2) is 5.10 Å². The minimum Gasteiger partial charge on any atom is -0.408 e. The van der Waals surface area contributed by atoms with Crippen molar-refractivity contribution in [2.75, 3.05) is 0 Å². The normalized spacial score (nSPS) is 10.8. The maximum absolute atomic E-state index is 5.20. The number of hydrogen-bond donors (Lipinski definition) is 1. The number of nitrogens with zero attached hydrogens (tertiary/aromatic N) is 3. The van der Waals surface area contributed by atoms with Crippen molar-refractivity contribution >= 4 is 12.2 Å². The molecule has 15 heavy (non-hydrogen) atoms. The van der Waals surface area contributed by atoms with Crippen LogP contribution in [-0.4, -0.2) is 20.0 Å². The Morgan fingerprint density at radius 2 is 2.33 bits per heavy atom. The first-order chi connectivity index (χ1) is 7.24. The highest BCUT2D eigenvalue weighted by Gasteiger charge is 2.11. The molecular weight excluding hydrogens is 212 g/mol. The van der Waals surface area contributed by atoms with Gasteiger partial charge in [0.25, 0.3) is 10.7 Å². The van der Waals surface area contributed by atoms with E-state index in [1.54, 1.807) is 0 Å². The zero-order valence-corrected chi connectivity index (χ0v) is 9.47. The van der Waals surface area contributed by atoms with Crippen LogP contribution in [0.5, 0.6) is 0 Å². The van der Waals surface area contributed by atoms with E-state index in [2.05, 4.69) is 29.1 Å². The third-order valence-electron chi connectivity index (χ3n) is 2.18. The van der Waals surface area contributed by atoms with Crippen LogP contribution in [0.1, 0.15) is 19.5 Å². The lowest BCUT2D eigenvalue weighted by atomic mass is 10.3. The van der Waals surface area contributed by atoms with Gasteiger partial charge in [0.15, 0.2) is 0 Å². The SMILES string of the molecule is CCc1cc(-c2n[nH]c(=S)o2)nn1CC. The maximum Gasteiger partial charge on any atom is 0.284 e. The van der Waals surface area contributed by atoms with Crippen LogP contribution in [-0.2, 0) is 13.0 Å². The monoisotopic (exact) mass is 224 g/mol. The third kappa shape index (κ3) is 1.85. The molecule has 0 bridgehead atoms. The van der Waals surface area contributed by atoms with Gasteiger partial charge in [-0.2, -0.15) is 5.10 Å². The number of H-pyrrole nitrogens is 1. The quantitative estimate of drug-likeness (QED) is 0.812. The minimum atomic E-state index is 0.272. The number of aromatic amines is 1. The molecule has 0 amide bonds. The summed E-state index contributed by atoms with van der Waals surface area (Å²) in [7, 11) is 0. The molecule has 0 saturated heterocycles. The van der Waals surface area contributed by atoms with Crippen molar-refractivity contribution in [2.24, 2.45) is 0 Å². The smallest absolute Gasteiger partial charge is 0.284 e. The van der Waals surface area contributed by atoms with Crippen LogP contribution in [0.25, 0.3) is 11.6 Å². The summed E-state index contributed by atoms with van der Waals surface area (Å²) >= 11 is 4.81. The Balaban J connectivity index is 2.45. The Morgan fingerprint density at radius 3 is 2.80 bits per heavy atom. The van der Waals surface area contributed by atoms with Gasteiger partial charge in [0.05, 0.1) is 0 Å². The highest BCUT2D eigenvalue weighted by atomic mass is 32.1. The van der Waals surface area contributed by atoms with Crippen molar-refractivity contribution in [3.05, 3.63) is 16.6 Å². The van der Waals surface area contributed by atoms with Gasteiger partial charge in [-0.3, -0.25) is 4.68 Å². The fraction of sp³-hybridized carbons (Fsp3) is 0.444. The Morgan fingerprint density at radius 1 is 1.53 bits per heavy atom. The Labute approximate surface area is 92.1 Å². The second kappa shape index (κ2) is 3.98. The highest BCUT2D eigenvalue weighted by Crippen LogP contribution is 2.17. The molecule has 0 aliphatic rings. The molecule has 0 spiro atoms. The van der Waals surface area contributed by atoms with Crippen LogP contribution in [0, 0.1) is 4.84 Å². The third-order valence-corrected chi connectivity index (χ3v) is 2.36. The van der Waals surface area contributed by atoms with Crippen LogP contribution < -0.4 is 0 Å². The number of rotatable bonds is 3. The van der Waals surface area contributed by atoms with E-state index >= 15 is 0 Å². The number of nitrogens with one attached hydrogen (secondary N) is 1. The van der Waals surface area contributed by atoms with Crippen molar-refractivity contribution in [3.8, 4) is 11.6 Å². The highest BCUT2D eigenvalue weighted by molar-refractivity contribution is 7.71. The van der Waals surface area contributed by atoms with E-state index in [1.165, 1.54) is 0 Å². The average molecular weight is 224 g/mol. The van der Waals surface area contributed by atoms with E-state index in [1.807, 2.05) is 10.7 Å². The lowest BCUT2D eigenvalue weighted by molar-refractivity contribution is 0.546. The lowest BCUT2D eigenvalue weighted by Crippen LogP contribution is -2.00. The average Bonchev–Trinajstić information content (AvgIpc) is 2.82. The maximum atomic E-state index is 5.20. The molecule has 1 N–H and O–H groups in total. The molecule has 80 valence electrons. The first kappa shape index (κ1) is 10.1. The van der Waals surface area contributed by atoms with Gasteiger partial charge in [0.2, 0.25) is 0 Å². The molecule has 5 nitrogen and oxygen atoms in total. The van der Waals surface area contributed by atoms with Crippen LogP contribution in [0.4, 0.5) is 0 Å². The predicted molar refractivity (Wildman–Crippen MR) is 58.0 cm³/mol. The first-order valence-electron chi connectivity index (χ1n) is 4.87. The van der Waals surface area contributed by atoms with Crippen molar-refractivity contribution in [2.45, 2.75) is 26.8 Å². The van der Waals surface area contributed by atoms with E-state index in [9.17, 15) is 0 Å². The van der Waals surface area contributed by atoms with Gasteiger partial charge in [-0.1, -0.05) is 6.92 Å². The molecule has 2 aromatic heterocycles. The summed E-state index contributed by atoms with van der Waals surface area (Å²) in [4.78, 5) is 0.272. The van der Waals surface area contributed by atoms with Gasteiger partial charge in [0, 0.05) is 12.2 Å². The van der Waals surface area contributed by atoms with Crippen LogP contribution in [0.3, 0.4) is 0 Å². The zero-order valence-electron chi connectivity index (χ0n) is 8.65. The molecular formula is C9H12N4OS. The molecule has 0 unspecified atom stereocenters. The van der Waals surface area contributed by atoms with Gasteiger partial charge in [-0.05, 0) is 31.6 Å². The molecule has 0 saturated carbocycles. The van der Waals surface area contributed by atoms with Crippen LogP contribution in [0.15, 0.2) is 10.5 Å². The second-order valence-corrected chi connectivity index (χ2v) is 3.48. The molecule has 0 radical (unpaired) electrons. The summed E-state index contributed by atoms with van der Waals surface area (Å²) in [5.41, 5.74) is 1.89. The van der Waals surface area contributed by atoms with Gasteiger partial charge < -0.3 is 4.42 Å². The summed E-state index contributed by atoms with van der Waals surface area (Å²) in [5.74, 6) is 0.446. The van der Waals surface area contributed by atoms with E-state index in [-0.39, 0.29) is 4.84 Å². The van der Waals surface area contributed by atoms with E-state index in [4.69, 9.17) is 16.6 Å². The molecule has 6 heteroatoms. The van der Waals surface area contributed by atoms with Crippen molar-refractivity contribution in [1.82, 2.24) is 20.0 Å². The Kier molecular flexibility index (Phi) is 2.68. The zero-order chi connectivity index (χ0) is 10.8. The molecule has 2 heterocycles. The van der Waals surface area contributed by atoms with E-state index in [0.717, 1.165) is 24.4 Å². The summed E-state index contributed by atoms with van der Waals surface area (Å²) in [5, 5.41) is 10.9. The Bertz CT molecular complexity index is 489. The Hall–Kier alpha value is -1.43.